The summed E-state index contributed by atoms with van der Waals surface area (Å²) in [6.45, 7) is 2.37. The number of carbonyl (C=O) groups excluding carboxylic acids is 1. The van der Waals surface area contributed by atoms with Gasteiger partial charge in [-0.2, -0.15) is 0 Å². The van der Waals surface area contributed by atoms with Crippen LogP contribution in [0.4, 0.5) is 5.69 Å². The van der Waals surface area contributed by atoms with E-state index in [1.165, 1.54) is 11.3 Å². The fourth-order valence-corrected chi connectivity index (χ4v) is 2.72. The van der Waals surface area contributed by atoms with E-state index in [9.17, 15) is 4.79 Å². The van der Waals surface area contributed by atoms with Crippen LogP contribution in [0.2, 0.25) is 0 Å². The van der Waals surface area contributed by atoms with E-state index in [1.807, 2.05) is 42.6 Å². The van der Waals surface area contributed by atoms with E-state index in [-0.39, 0.29) is 5.91 Å². The minimum absolute atomic E-state index is 0.0687. The summed E-state index contributed by atoms with van der Waals surface area (Å²) < 4.78 is 0. The van der Waals surface area contributed by atoms with Gasteiger partial charge in [-0.3, -0.25) is 4.79 Å². The molecule has 0 unspecified atom stereocenters. The number of thiophene rings is 1. The minimum Gasteiger partial charge on any atom is -0.321 e. The summed E-state index contributed by atoms with van der Waals surface area (Å²) in [6, 6.07) is 9.44. The number of nitrogens with one attached hydrogen (secondary N) is 1. The van der Waals surface area contributed by atoms with Crippen molar-refractivity contribution in [2.24, 2.45) is 5.73 Å². The maximum absolute atomic E-state index is 12.2. The lowest BCUT2D eigenvalue weighted by molar-refractivity contribution is 0.103. The highest BCUT2D eigenvalue weighted by atomic mass is 32.1. The predicted molar refractivity (Wildman–Crippen MR) is 84.0 cm³/mol. The summed E-state index contributed by atoms with van der Waals surface area (Å²) >= 11 is 1.46. The summed E-state index contributed by atoms with van der Waals surface area (Å²) in [4.78, 5) is 13.0. The van der Waals surface area contributed by atoms with Gasteiger partial charge in [-0.25, -0.2) is 0 Å². The zero-order valence-corrected chi connectivity index (χ0v) is 12.1. The zero-order valence-electron chi connectivity index (χ0n) is 11.3. The lowest BCUT2D eigenvalue weighted by Gasteiger charge is -2.05. The third kappa shape index (κ3) is 3.47. The third-order valence-electron chi connectivity index (χ3n) is 2.79. The van der Waals surface area contributed by atoms with Crippen LogP contribution in [0.3, 0.4) is 0 Å². The molecule has 0 saturated heterocycles. The maximum atomic E-state index is 12.2. The van der Waals surface area contributed by atoms with E-state index >= 15 is 0 Å². The highest BCUT2D eigenvalue weighted by molar-refractivity contribution is 7.12. The third-order valence-corrected chi connectivity index (χ3v) is 3.74. The van der Waals surface area contributed by atoms with Gasteiger partial charge in [0, 0.05) is 11.3 Å². The molecule has 0 aliphatic carbocycles. The van der Waals surface area contributed by atoms with E-state index in [2.05, 4.69) is 17.2 Å². The Hall–Kier alpha value is -2.09. The van der Waals surface area contributed by atoms with Crippen molar-refractivity contribution in [2.45, 2.75) is 13.3 Å². The fraction of sp³-hybridized carbons (Fsp3) is 0.188. The van der Waals surface area contributed by atoms with Crippen LogP contribution >= 0.6 is 11.3 Å². The molecule has 20 heavy (non-hydrogen) atoms. The topological polar surface area (TPSA) is 55.1 Å². The van der Waals surface area contributed by atoms with Gasteiger partial charge in [0.2, 0.25) is 0 Å². The first-order chi connectivity index (χ1) is 9.74. The summed E-state index contributed by atoms with van der Waals surface area (Å²) in [5.74, 6) is 5.68. The molecule has 0 aliphatic heterocycles. The van der Waals surface area contributed by atoms with Crippen molar-refractivity contribution in [2.75, 3.05) is 11.9 Å². The van der Waals surface area contributed by atoms with Crippen LogP contribution in [-0.4, -0.2) is 12.5 Å². The molecule has 0 saturated carbocycles. The highest BCUT2D eigenvalue weighted by Gasteiger charge is 2.12. The molecular weight excluding hydrogens is 268 g/mol. The molecule has 0 fully saturated rings. The molecule has 0 aliphatic rings. The molecule has 0 radical (unpaired) electrons. The standard InChI is InChI=1S/C16H16N2OS/c1-2-13-8-10-20-15(13)16(19)18-14-7-3-5-12(11-14)6-4-9-17/h3,5,7-8,10-11H,2,9,17H2,1H3,(H,18,19). The van der Waals surface area contributed by atoms with Gasteiger partial charge in [-0.1, -0.05) is 24.8 Å². The van der Waals surface area contributed by atoms with E-state index in [0.717, 1.165) is 28.1 Å². The van der Waals surface area contributed by atoms with Crippen LogP contribution in [0, 0.1) is 11.8 Å². The molecule has 4 heteroatoms. The molecule has 1 aromatic heterocycles. The highest BCUT2D eigenvalue weighted by Crippen LogP contribution is 2.19. The second-order valence-corrected chi connectivity index (χ2v) is 5.09. The van der Waals surface area contributed by atoms with Crippen molar-refractivity contribution >= 4 is 22.9 Å². The quantitative estimate of drug-likeness (QED) is 0.852. The van der Waals surface area contributed by atoms with Crippen molar-refractivity contribution in [1.29, 1.82) is 0 Å². The van der Waals surface area contributed by atoms with Gasteiger partial charge in [-0.15, -0.1) is 11.3 Å². The lowest BCUT2D eigenvalue weighted by atomic mass is 10.2. The number of nitrogens with two attached hydrogens (primary N) is 1. The Labute approximate surface area is 122 Å². The van der Waals surface area contributed by atoms with Crippen LogP contribution in [0.25, 0.3) is 0 Å². The number of carbonyl (C=O) groups is 1. The molecular formula is C16H16N2OS. The minimum atomic E-state index is -0.0687. The molecule has 1 heterocycles. The Bertz CT molecular complexity index is 664. The number of aryl methyl sites for hydroxylation is 1. The maximum Gasteiger partial charge on any atom is 0.266 e. The number of benzene rings is 1. The van der Waals surface area contributed by atoms with E-state index in [4.69, 9.17) is 5.73 Å². The molecule has 3 N–H and O–H groups in total. The van der Waals surface area contributed by atoms with Gasteiger partial charge < -0.3 is 11.1 Å². The summed E-state index contributed by atoms with van der Waals surface area (Å²) in [6.07, 6.45) is 0.855. The number of rotatable bonds is 3. The molecule has 0 spiro atoms. The molecule has 1 aromatic carbocycles. The number of amides is 1. The average Bonchev–Trinajstić information content (AvgIpc) is 2.94. The van der Waals surface area contributed by atoms with Gasteiger partial charge in [-0.05, 0) is 41.6 Å². The molecule has 3 nitrogen and oxygen atoms in total. The van der Waals surface area contributed by atoms with Gasteiger partial charge in [0.15, 0.2) is 0 Å². The number of hydrogen-bond acceptors (Lipinski definition) is 3. The lowest BCUT2D eigenvalue weighted by Crippen LogP contribution is -2.12. The van der Waals surface area contributed by atoms with Crippen LogP contribution < -0.4 is 11.1 Å². The first kappa shape index (κ1) is 14.3. The van der Waals surface area contributed by atoms with Gasteiger partial charge >= 0.3 is 0 Å². The Morgan fingerprint density at radius 2 is 2.25 bits per heavy atom. The predicted octanol–water partition coefficient (Wildman–Crippen LogP) is 2.87. The second-order valence-electron chi connectivity index (χ2n) is 4.17. The summed E-state index contributed by atoms with van der Waals surface area (Å²) in [5.41, 5.74) is 8.01. The summed E-state index contributed by atoms with van der Waals surface area (Å²) in [7, 11) is 0. The van der Waals surface area contributed by atoms with Gasteiger partial charge in [0.1, 0.15) is 0 Å². The Kier molecular flexibility index (Phi) is 4.94. The SMILES string of the molecule is CCc1ccsc1C(=O)Nc1cccc(C#CCN)c1. The first-order valence-electron chi connectivity index (χ1n) is 6.41. The second kappa shape index (κ2) is 6.90. The molecule has 1 amide bonds. The monoisotopic (exact) mass is 284 g/mol. The Balaban J connectivity index is 2.16. The van der Waals surface area contributed by atoms with Crippen molar-refractivity contribution in [3.05, 3.63) is 51.7 Å². The van der Waals surface area contributed by atoms with Crippen molar-refractivity contribution in [1.82, 2.24) is 0 Å². The fourth-order valence-electron chi connectivity index (χ4n) is 1.83. The first-order valence-corrected chi connectivity index (χ1v) is 7.29. The Morgan fingerprint density at radius 3 is 3.00 bits per heavy atom. The van der Waals surface area contributed by atoms with Crippen molar-refractivity contribution in [3.63, 3.8) is 0 Å². The van der Waals surface area contributed by atoms with E-state index < -0.39 is 0 Å². The molecule has 0 atom stereocenters. The van der Waals surface area contributed by atoms with Crippen LogP contribution in [0.15, 0.2) is 35.7 Å². The normalized spacial score (nSPS) is 9.70. The average molecular weight is 284 g/mol. The van der Waals surface area contributed by atoms with E-state index in [1.54, 1.807) is 0 Å². The zero-order chi connectivity index (χ0) is 14.4. The van der Waals surface area contributed by atoms with Crippen molar-refractivity contribution < 1.29 is 4.79 Å². The number of anilines is 1. The Morgan fingerprint density at radius 1 is 1.40 bits per heavy atom. The molecule has 102 valence electrons. The van der Waals surface area contributed by atoms with Gasteiger partial charge in [0.05, 0.1) is 11.4 Å². The van der Waals surface area contributed by atoms with Crippen molar-refractivity contribution in [3.8, 4) is 11.8 Å². The largest absolute Gasteiger partial charge is 0.321 e. The van der Waals surface area contributed by atoms with Crippen LogP contribution in [0.5, 0.6) is 0 Å². The molecule has 2 rings (SSSR count). The summed E-state index contributed by atoms with van der Waals surface area (Å²) in [5, 5.41) is 4.85. The molecule has 0 bridgehead atoms. The smallest absolute Gasteiger partial charge is 0.266 e. The van der Waals surface area contributed by atoms with Gasteiger partial charge in [0.25, 0.3) is 5.91 Å². The molecule has 2 aromatic rings. The van der Waals surface area contributed by atoms with Crippen LogP contribution in [-0.2, 0) is 6.42 Å². The van der Waals surface area contributed by atoms with Crippen LogP contribution in [0.1, 0.15) is 27.7 Å². The van der Waals surface area contributed by atoms with E-state index in [0.29, 0.717) is 6.54 Å². The number of hydrogen-bond donors (Lipinski definition) is 2.